The molecule has 1 aromatic rings. The normalized spacial score (nSPS) is 27.7. The Hall–Kier alpha value is -1.09. The lowest BCUT2D eigenvalue weighted by Crippen LogP contribution is -2.39. The first-order chi connectivity index (χ1) is 9.04. The van der Waals surface area contributed by atoms with Gasteiger partial charge in [0.25, 0.3) is 0 Å². The second-order valence-electron chi connectivity index (χ2n) is 6.34. The van der Waals surface area contributed by atoms with Crippen molar-refractivity contribution in [2.45, 2.75) is 46.1 Å². The van der Waals surface area contributed by atoms with Gasteiger partial charge in [-0.2, -0.15) is 0 Å². The molecule has 0 aliphatic heterocycles. The van der Waals surface area contributed by atoms with Gasteiger partial charge in [0.05, 0.1) is 6.26 Å². The lowest BCUT2D eigenvalue weighted by Gasteiger charge is -2.37. The number of furan rings is 1. The summed E-state index contributed by atoms with van der Waals surface area (Å²) in [5, 5.41) is 0. The molecule has 1 heterocycles. The Labute approximate surface area is 116 Å². The van der Waals surface area contributed by atoms with Crippen molar-refractivity contribution in [1.82, 2.24) is 4.90 Å². The molecule has 2 rings (SSSR count). The van der Waals surface area contributed by atoms with Gasteiger partial charge in [-0.3, -0.25) is 0 Å². The number of nitrogens with zero attached hydrogens (tertiary/aromatic N) is 1. The number of hydrogen-bond acceptors (Lipinski definition) is 3. The second-order valence-corrected chi connectivity index (χ2v) is 6.34. The van der Waals surface area contributed by atoms with Crippen LogP contribution in [0.15, 0.2) is 16.7 Å². The fourth-order valence-corrected chi connectivity index (χ4v) is 3.11. The molecule has 0 bridgehead atoms. The number of hydrogen-bond donors (Lipinski definition) is 0. The molecule has 1 aromatic heterocycles. The van der Waals surface area contributed by atoms with Crippen LogP contribution in [0.1, 0.15) is 43.9 Å². The SMILES string of the molecule is Cc1occc1CN(C)CC1(C=O)CCC(C)CC1. The zero-order chi connectivity index (χ0) is 13.9. The minimum absolute atomic E-state index is 0.126. The monoisotopic (exact) mass is 263 g/mol. The molecule has 3 heteroatoms. The van der Waals surface area contributed by atoms with Gasteiger partial charge in [0.2, 0.25) is 0 Å². The molecule has 0 spiro atoms. The van der Waals surface area contributed by atoms with E-state index in [0.29, 0.717) is 0 Å². The summed E-state index contributed by atoms with van der Waals surface area (Å²) >= 11 is 0. The van der Waals surface area contributed by atoms with Gasteiger partial charge in [-0.15, -0.1) is 0 Å². The van der Waals surface area contributed by atoms with E-state index >= 15 is 0 Å². The van der Waals surface area contributed by atoms with E-state index in [9.17, 15) is 4.79 Å². The van der Waals surface area contributed by atoms with Crippen molar-refractivity contribution in [2.24, 2.45) is 11.3 Å². The zero-order valence-corrected chi connectivity index (χ0v) is 12.3. The maximum Gasteiger partial charge on any atom is 0.127 e. The Morgan fingerprint density at radius 1 is 1.47 bits per heavy atom. The summed E-state index contributed by atoms with van der Waals surface area (Å²) in [7, 11) is 2.09. The molecule has 1 aliphatic rings. The van der Waals surface area contributed by atoms with Gasteiger partial charge >= 0.3 is 0 Å². The highest BCUT2D eigenvalue weighted by molar-refractivity contribution is 5.60. The quantitative estimate of drug-likeness (QED) is 0.763. The van der Waals surface area contributed by atoms with Crippen molar-refractivity contribution in [3.63, 3.8) is 0 Å². The van der Waals surface area contributed by atoms with Gasteiger partial charge in [0.15, 0.2) is 0 Å². The molecule has 0 amide bonds. The van der Waals surface area contributed by atoms with Crippen molar-refractivity contribution in [3.05, 3.63) is 23.7 Å². The highest BCUT2D eigenvalue weighted by atomic mass is 16.3. The molecule has 0 saturated heterocycles. The van der Waals surface area contributed by atoms with Crippen LogP contribution in [0.25, 0.3) is 0 Å². The summed E-state index contributed by atoms with van der Waals surface area (Å²) in [6.45, 7) is 5.98. The van der Waals surface area contributed by atoms with Crippen LogP contribution >= 0.6 is 0 Å². The summed E-state index contributed by atoms with van der Waals surface area (Å²) in [4.78, 5) is 13.8. The van der Waals surface area contributed by atoms with E-state index in [0.717, 1.165) is 37.6 Å². The molecule has 19 heavy (non-hydrogen) atoms. The molecule has 0 radical (unpaired) electrons. The van der Waals surface area contributed by atoms with E-state index in [4.69, 9.17) is 4.42 Å². The summed E-state index contributed by atoms with van der Waals surface area (Å²) in [5.41, 5.74) is 1.09. The Bertz CT molecular complexity index is 416. The summed E-state index contributed by atoms with van der Waals surface area (Å²) in [5.74, 6) is 1.75. The molecular formula is C16H25NO2. The largest absolute Gasteiger partial charge is 0.469 e. The van der Waals surface area contributed by atoms with Crippen LogP contribution in [0.3, 0.4) is 0 Å². The second kappa shape index (κ2) is 5.91. The molecule has 106 valence electrons. The maximum absolute atomic E-state index is 11.5. The van der Waals surface area contributed by atoms with Gasteiger partial charge in [0, 0.05) is 24.1 Å². The molecule has 0 aromatic carbocycles. The third-order valence-electron chi connectivity index (χ3n) is 4.51. The van der Waals surface area contributed by atoms with Crippen molar-refractivity contribution in [3.8, 4) is 0 Å². The maximum atomic E-state index is 11.5. The van der Waals surface area contributed by atoms with E-state index in [1.54, 1.807) is 6.26 Å². The fraction of sp³-hybridized carbons (Fsp3) is 0.688. The predicted molar refractivity (Wildman–Crippen MR) is 75.9 cm³/mol. The molecule has 0 atom stereocenters. The number of rotatable bonds is 5. The Kier molecular flexibility index (Phi) is 4.46. The predicted octanol–water partition coefficient (Wildman–Crippen LogP) is 3.42. The van der Waals surface area contributed by atoms with Crippen LogP contribution in [0.5, 0.6) is 0 Å². The standard InChI is InChI=1S/C16H25NO2/c1-13-4-7-16(12-18,8-5-13)11-17(3)10-15-6-9-19-14(15)2/h6,9,12-13H,4-5,7-8,10-11H2,1-3H3. The molecule has 1 saturated carbocycles. The van der Waals surface area contributed by atoms with Crippen LogP contribution in [0, 0.1) is 18.3 Å². The number of carbonyl (C=O) groups is 1. The van der Waals surface area contributed by atoms with Gasteiger partial charge < -0.3 is 14.1 Å². The van der Waals surface area contributed by atoms with Crippen molar-refractivity contribution in [1.29, 1.82) is 0 Å². The van der Waals surface area contributed by atoms with Crippen molar-refractivity contribution in [2.75, 3.05) is 13.6 Å². The number of carbonyl (C=O) groups excluding carboxylic acids is 1. The number of aryl methyl sites for hydroxylation is 1. The van der Waals surface area contributed by atoms with Gasteiger partial charge in [-0.1, -0.05) is 6.92 Å². The first kappa shape index (κ1) is 14.3. The van der Waals surface area contributed by atoms with E-state index in [1.165, 1.54) is 24.7 Å². The Morgan fingerprint density at radius 2 is 2.16 bits per heavy atom. The smallest absolute Gasteiger partial charge is 0.127 e. The molecular weight excluding hydrogens is 238 g/mol. The minimum atomic E-state index is -0.126. The van der Waals surface area contributed by atoms with E-state index < -0.39 is 0 Å². The van der Waals surface area contributed by atoms with Crippen LogP contribution in [-0.4, -0.2) is 24.8 Å². The topological polar surface area (TPSA) is 33.5 Å². The molecule has 0 unspecified atom stereocenters. The first-order valence-corrected chi connectivity index (χ1v) is 7.22. The van der Waals surface area contributed by atoms with Crippen molar-refractivity contribution < 1.29 is 9.21 Å². The van der Waals surface area contributed by atoms with Gasteiger partial charge in [0.1, 0.15) is 12.0 Å². The first-order valence-electron chi connectivity index (χ1n) is 7.22. The minimum Gasteiger partial charge on any atom is -0.469 e. The van der Waals surface area contributed by atoms with Crippen molar-refractivity contribution >= 4 is 6.29 Å². The Balaban J connectivity index is 1.95. The lowest BCUT2D eigenvalue weighted by molar-refractivity contribution is -0.119. The molecule has 1 aliphatic carbocycles. The molecule has 3 nitrogen and oxygen atoms in total. The molecule has 1 fully saturated rings. The summed E-state index contributed by atoms with van der Waals surface area (Å²) in [6.07, 6.45) is 7.36. The van der Waals surface area contributed by atoms with Gasteiger partial charge in [-0.25, -0.2) is 0 Å². The summed E-state index contributed by atoms with van der Waals surface area (Å²) < 4.78 is 5.32. The van der Waals surface area contributed by atoms with E-state index in [2.05, 4.69) is 18.9 Å². The fourth-order valence-electron chi connectivity index (χ4n) is 3.11. The molecule has 0 N–H and O–H groups in total. The zero-order valence-electron chi connectivity index (χ0n) is 12.3. The van der Waals surface area contributed by atoms with Crippen LogP contribution < -0.4 is 0 Å². The Morgan fingerprint density at radius 3 is 2.68 bits per heavy atom. The highest BCUT2D eigenvalue weighted by Crippen LogP contribution is 2.38. The van der Waals surface area contributed by atoms with E-state index in [1.807, 2.05) is 13.0 Å². The van der Waals surface area contributed by atoms with Crippen LogP contribution in [0.4, 0.5) is 0 Å². The highest BCUT2D eigenvalue weighted by Gasteiger charge is 2.34. The van der Waals surface area contributed by atoms with E-state index in [-0.39, 0.29) is 5.41 Å². The van der Waals surface area contributed by atoms with Crippen LogP contribution in [0.2, 0.25) is 0 Å². The average Bonchev–Trinajstić information content (AvgIpc) is 2.78. The van der Waals surface area contributed by atoms with Crippen LogP contribution in [-0.2, 0) is 11.3 Å². The lowest BCUT2D eigenvalue weighted by atomic mass is 9.71. The van der Waals surface area contributed by atoms with Gasteiger partial charge in [-0.05, 0) is 51.6 Å². The third kappa shape index (κ3) is 3.47. The third-order valence-corrected chi connectivity index (χ3v) is 4.51. The average molecular weight is 263 g/mol. The number of aldehydes is 1. The summed E-state index contributed by atoms with van der Waals surface area (Å²) in [6, 6.07) is 2.02.